The predicted molar refractivity (Wildman–Crippen MR) is 255 cm³/mol. The van der Waals surface area contributed by atoms with Crippen LogP contribution in [-0.4, -0.2) is 104 Å². The molecule has 8 N–H and O–H groups in total. The van der Waals surface area contributed by atoms with E-state index < -0.39 is 27.6 Å². The molecule has 22 nitrogen and oxygen atoms in total. The molecule has 0 saturated heterocycles. The highest BCUT2D eigenvalue weighted by atomic mass is 32.2. The van der Waals surface area contributed by atoms with Crippen LogP contribution in [0.25, 0.3) is 34.2 Å². The highest BCUT2D eigenvalue weighted by Gasteiger charge is 2.32. The second kappa shape index (κ2) is 19.1. The molecule has 0 spiro atoms. The molecule has 5 aliphatic carbocycles. The summed E-state index contributed by atoms with van der Waals surface area (Å²) in [5.74, 6) is -0.242. The van der Waals surface area contributed by atoms with Gasteiger partial charge in [-0.1, -0.05) is 38.5 Å². The fraction of sp³-hybridized carbons (Fsp3) is 0.478. The Morgan fingerprint density at radius 1 is 0.522 bits per heavy atom. The smallest absolute Gasteiger partial charge is 0.269 e. The SMILES string of the molecule is Cn1nc(C(N)=O)c2c1-c1nc(NC3CCCCC3)ncc1CC2.Cn1nc(C(N)=O)c2c1-c1nc(NC3CCCCC3)ncc1CC2.Cn1nc(C(N)=O)c2c1-c1nc(S(C)(=O)=O)ncc1CC2. The summed E-state index contributed by atoms with van der Waals surface area (Å²) in [5.41, 5.74) is 27.3. The van der Waals surface area contributed by atoms with Crippen molar-refractivity contribution in [3.8, 4) is 34.2 Å². The Bertz CT molecular complexity index is 2970. The van der Waals surface area contributed by atoms with E-state index in [9.17, 15) is 22.8 Å². The van der Waals surface area contributed by atoms with Gasteiger partial charge in [0.05, 0.1) is 34.2 Å². The van der Waals surface area contributed by atoms with Crippen LogP contribution in [0.4, 0.5) is 11.9 Å². The van der Waals surface area contributed by atoms with Gasteiger partial charge in [0, 0.05) is 74.8 Å². The van der Waals surface area contributed by atoms with Crippen molar-refractivity contribution < 1.29 is 22.8 Å². The maximum Gasteiger partial charge on any atom is 0.269 e. The fourth-order valence-electron chi connectivity index (χ4n) is 10.2. The largest absolute Gasteiger partial charge is 0.364 e. The molecule has 2 fully saturated rings. The molecule has 6 aromatic rings. The summed E-state index contributed by atoms with van der Waals surface area (Å²) in [6.07, 6.45) is 23.0. The summed E-state index contributed by atoms with van der Waals surface area (Å²) >= 11 is 0. The molecule has 0 radical (unpaired) electrons. The summed E-state index contributed by atoms with van der Waals surface area (Å²) in [6, 6.07) is 0.903. The van der Waals surface area contributed by atoms with Crippen LogP contribution in [0.5, 0.6) is 0 Å². The van der Waals surface area contributed by atoms with Gasteiger partial charge < -0.3 is 27.8 Å². The van der Waals surface area contributed by atoms with Crippen molar-refractivity contribution in [2.75, 3.05) is 16.9 Å². The van der Waals surface area contributed by atoms with Crippen molar-refractivity contribution in [2.45, 2.75) is 120 Å². The van der Waals surface area contributed by atoms with Crippen molar-refractivity contribution in [2.24, 2.45) is 38.3 Å². The molecule has 0 unspecified atom stereocenters. The first kappa shape index (κ1) is 46.9. The minimum Gasteiger partial charge on any atom is -0.364 e. The number of aryl methyl sites for hydroxylation is 6. The lowest BCUT2D eigenvalue weighted by atomic mass is 9.93. The Balaban J connectivity index is 0.000000129. The lowest BCUT2D eigenvalue weighted by Gasteiger charge is -2.23. The number of anilines is 2. The third kappa shape index (κ3) is 9.50. The molecule has 69 heavy (non-hydrogen) atoms. The topological polar surface area (TPSA) is 318 Å². The van der Waals surface area contributed by atoms with Crippen LogP contribution in [0, 0.1) is 0 Å². The number of nitrogens with two attached hydrogens (primary N) is 3. The zero-order valence-corrected chi connectivity index (χ0v) is 40.1. The maximum atomic E-state index is 11.6. The van der Waals surface area contributed by atoms with Gasteiger partial charge in [-0.2, -0.15) is 15.3 Å². The number of nitrogens with one attached hydrogen (secondary N) is 2. The fourth-order valence-corrected chi connectivity index (χ4v) is 10.7. The summed E-state index contributed by atoms with van der Waals surface area (Å²) < 4.78 is 28.1. The molecule has 5 aliphatic rings. The molecular weight excluding hydrogens is 903 g/mol. The van der Waals surface area contributed by atoms with E-state index >= 15 is 0 Å². The molecule has 2 saturated carbocycles. The Kier molecular flexibility index (Phi) is 13.0. The molecule has 0 atom stereocenters. The Labute approximate surface area is 398 Å². The van der Waals surface area contributed by atoms with Crippen molar-refractivity contribution in [3.05, 3.63) is 69.1 Å². The van der Waals surface area contributed by atoms with E-state index in [1.807, 2.05) is 26.5 Å². The summed E-state index contributed by atoms with van der Waals surface area (Å²) in [5, 5.41) is 19.4. The van der Waals surface area contributed by atoms with Gasteiger partial charge in [-0.05, 0) is 80.9 Å². The zero-order chi connectivity index (χ0) is 48.7. The van der Waals surface area contributed by atoms with E-state index in [4.69, 9.17) is 27.2 Å². The van der Waals surface area contributed by atoms with Gasteiger partial charge in [-0.25, -0.2) is 38.3 Å². The van der Waals surface area contributed by atoms with E-state index in [1.165, 1.54) is 75.1 Å². The second-order valence-electron chi connectivity index (χ2n) is 18.4. The second-order valence-corrected chi connectivity index (χ2v) is 20.3. The number of sulfone groups is 1. The van der Waals surface area contributed by atoms with E-state index in [-0.39, 0.29) is 10.9 Å². The first-order valence-electron chi connectivity index (χ1n) is 23.4. The van der Waals surface area contributed by atoms with Crippen molar-refractivity contribution in [1.29, 1.82) is 0 Å². The van der Waals surface area contributed by atoms with Gasteiger partial charge in [0.25, 0.3) is 17.7 Å². The highest BCUT2D eigenvalue weighted by molar-refractivity contribution is 7.90. The number of carbonyl (C=O) groups excluding carboxylic acids is 3. The molecule has 6 heterocycles. The molecule has 362 valence electrons. The summed E-state index contributed by atoms with van der Waals surface area (Å²) in [4.78, 5) is 61.2. The van der Waals surface area contributed by atoms with Crippen molar-refractivity contribution in [1.82, 2.24) is 59.2 Å². The monoisotopic (exact) mass is 959 g/mol. The Hall–Kier alpha value is -7.17. The summed E-state index contributed by atoms with van der Waals surface area (Å²) in [6.45, 7) is 0. The number of rotatable bonds is 8. The lowest BCUT2D eigenvalue weighted by Crippen LogP contribution is -2.24. The number of aromatic nitrogens is 12. The summed E-state index contributed by atoms with van der Waals surface area (Å²) in [7, 11) is 1.82. The number of hydrogen-bond acceptors (Lipinski definition) is 16. The molecule has 23 heteroatoms. The molecule has 0 aliphatic heterocycles. The van der Waals surface area contributed by atoms with Crippen LogP contribution in [0.15, 0.2) is 23.7 Å². The molecule has 11 rings (SSSR count). The van der Waals surface area contributed by atoms with E-state index in [1.54, 1.807) is 16.4 Å². The van der Waals surface area contributed by atoms with Crippen molar-refractivity contribution >= 4 is 39.5 Å². The third-order valence-electron chi connectivity index (χ3n) is 13.5. The Morgan fingerprint density at radius 3 is 1.19 bits per heavy atom. The number of fused-ring (bicyclic) bond motifs is 9. The number of amides is 3. The van der Waals surface area contributed by atoms with Crippen LogP contribution >= 0.6 is 0 Å². The molecule has 3 amide bonds. The van der Waals surface area contributed by atoms with Crippen LogP contribution in [0.1, 0.15) is 129 Å². The maximum absolute atomic E-state index is 11.6. The lowest BCUT2D eigenvalue weighted by molar-refractivity contribution is 0.0985. The van der Waals surface area contributed by atoms with E-state index in [2.05, 4.69) is 45.9 Å². The molecular formula is C46H57N17O5S. The first-order valence-corrected chi connectivity index (χ1v) is 25.3. The van der Waals surface area contributed by atoms with Gasteiger partial charge >= 0.3 is 0 Å². The average molecular weight is 960 g/mol. The van der Waals surface area contributed by atoms with Gasteiger partial charge in [-0.15, -0.1) is 0 Å². The zero-order valence-electron chi connectivity index (χ0n) is 39.2. The van der Waals surface area contributed by atoms with Gasteiger partial charge in [-0.3, -0.25) is 28.4 Å². The quantitative estimate of drug-likeness (QED) is 0.137. The third-order valence-corrected chi connectivity index (χ3v) is 14.4. The van der Waals surface area contributed by atoms with Gasteiger partial charge in [0.2, 0.25) is 26.9 Å². The standard InChI is InChI=1S/2C17H22N6O.C12H13N5O3S/c2*1-23-15-12(14(22-23)16(18)24)8-7-10-9-19-17(21-13(10)15)20-11-5-3-2-4-6-11;1-17-10-7(9(16-17)11(13)18)4-3-6-5-14-12(15-8(6)10)21(2,19)20/h2*9,11H,2-8H2,1H3,(H2,18,24)(H,19,20,21);5H,3-4H2,1-2H3,(H2,13,18). The van der Waals surface area contributed by atoms with Crippen LogP contribution in [-0.2, 0) is 69.5 Å². The van der Waals surface area contributed by atoms with Crippen molar-refractivity contribution in [3.63, 3.8) is 0 Å². The van der Waals surface area contributed by atoms with Crippen LogP contribution < -0.4 is 27.8 Å². The van der Waals surface area contributed by atoms with Crippen LogP contribution in [0.2, 0.25) is 0 Å². The van der Waals surface area contributed by atoms with Gasteiger partial charge in [0.15, 0.2) is 17.1 Å². The molecule has 0 aromatic carbocycles. The molecule has 0 bridgehead atoms. The number of primary amides is 3. The minimum atomic E-state index is -3.50. The number of hydrogen-bond donors (Lipinski definition) is 5. The number of carbonyl (C=O) groups is 3. The normalized spacial score (nSPS) is 16.1. The van der Waals surface area contributed by atoms with Gasteiger partial charge in [0.1, 0.15) is 0 Å². The minimum absolute atomic E-state index is 0.206. The average Bonchev–Trinajstić information content (AvgIpc) is 4.00. The number of nitrogens with zero attached hydrogens (tertiary/aromatic N) is 12. The first-order chi connectivity index (χ1) is 33.0. The Morgan fingerprint density at radius 2 is 0.855 bits per heavy atom. The predicted octanol–water partition coefficient (Wildman–Crippen LogP) is 3.12. The molecule has 6 aromatic heterocycles. The van der Waals surface area contributed by atoms with Crippen LogP contribution in [0.3, 0.4) is 0 Å². The van der Waals surface area contributed by atoms with E-state index in [0.29, 0.717) is 65.2 Å². The van der Waals surface area contributed by atoms with E-state index in [0.717, 1.165) is 82.5 Å². The highest BCUT2D eigenvalue weighted by Crippen LogP contribution is 2.37.